The van der Waals surface area contributed by atoms with Crippen LogP contribution >= 0.6 is 0 Å². The van der Waals surface area contributed by atoms with Crippen LogP contribution in [0.5, 0.6) is 5.75 Å². The van der Waals surface area contributed by atoms with Gasteiger partial charge in [0.05, 0.1) is 26.0 Å². The molecule has 0 fully saturated rings. The second kappa shape index (κ2) is 6.86. The topological polar surface area (TPSA) is 101 Å². The average molecular weight is 376 g/mol. The van der Waals surface area contributed by atoms with E-state index in [1.54, 1.807) is 19.5 Å². The highest BCUT2D eigenvalue weighted by Gasteiger charge is 2.28. The number of methoxy groups -OCH3 is 1. The number of benzene rings is 1. The van der Waals surface area contributed by atoms with E-state index >= 15 is 0 Å². The molecule has 1 atom stereocenters. The van der Waals surface area contributed by atoms with E-state index in [2.05, 4.69) is 25.4 Å². The number of pyridine rings is 1. The highest BCUT2D eigenvalue weighted by atomic mass is 16.5. The van der Waals surface area contributed by atoms with Gasteiger partial charge in [0.25, 0.3) is 5.89 Å². The summed E-state index contributed by atoms with van der Waals surface area (Å²) in [7, 11) is 1.65. The van der Waals surface area contributed by atoms with Gasteiger partial charge in [0, 0.05) is 18.0 Å². The second-order valence-electron chi connectivity index (χ2n) is 6.30. The van der Waals surface area contributed by atoms with Crippen molar-refractivity contribution in [1.82, 2.24) is 30.1 Å². The molecule has 1 aliphatic rings. The molecule has 0 bridgehead atoms. The highest BCUT2D eigenvalue weighted by molar-refractivity contribution is 5.58. The third-order valence-electron chi connectivity index (χ3n) is 4.65. The monoisotopic (exact) mass is 376 g/mol. The molecule has 9 nitrogen and oxygen atoms in total. The normalized spacial score (nSPS) is 16.0. The fourth-order valence-electron chi connectivity index (χ4n) is 3.14. The van der Waals surface area contributed by atoms with Gasteiger partial charge in [-0.05, 0) is 29.8 Å². The zero-order chi connectivity index (χ0) is 18.9. The van der Waals surface area contributed by atoms with Crippen molar-refractivity contribution >= 4 is 0 Å². The van der Waals surface area contributed by atoms with Crippen molar-refractivity contribution in [3.8, 4) is 28.7 Å². The molecule has 0 spiro atoms. The predicted octanol–water partition coefficient (Wildman–Crippen LogP) is 2.67. The number of hydrogen-bond donors (Lipinski definition) is 0. The van der Waals surface area contributed by atoms with Crippen molar-refractivity contribution in [3.63, 3.8) is 0 Å². The first kappa shape index (κ1) is 16.6. The summed E-state index contributed by atoms with van der Waals surface area (Å²) >= 11 is 0. The van der Waals surface area contributed by atoms with Gasteiger partial charge in [-0.1, -0.05) is 22.5 Å². The minimum atomic E-state index is -0.108. The first-order valence-corrected chi connectivity index (χ1v) is 8.74. The molecule has 4 aromatic rings. The van der Waals surface area contributed by atoms with E-state index in [1.807, 2.05) is 41.1 Å². The van der Waals surface area contributed by atoms with E-state index in [0.717, 1.165) is 22.6 Å². The smallest absolute Gasteiger partial charge is 0.280 e. The van der Waals surface area contributed by atoms with Crippen LogP contribution in [0.4, 0.5) is 0 Å². The quantitative estimate of drug-likeness (QED) is 0.536. The van der Waals surface area contributed by atoms with Crippen LogP contribution in [0.25, 0.3) is 23.0 Å². The number of aromatic nitrogens is 6. The summed E-state index contributed by atoms with van der Waals surface area (Å²) in [6.07, 6.45) is 3.25. The molecule has 5 rings (SSSR count). The summed E-state index contributed by atoms with van der Waals surface area (Å²) in [5, 5.41) is 12.5. The van der Waals surface area contributed by atoms with Crippen LogP contribution in [0, 0.1) is 0 Å². The summed E-state index contributed by atoms with van der Waals surface area (Å²) in [6.45, 7) is 0.909. The van der Waals surface area contributed by atoms with E-state index in [9.17, 15) is 0 Å². The van der Waals surface area contributed by atoms with Gasteiger partial charge >= 0.3 is 0 Å². The number of rotatable bonds is 4. The van der Waals surface area contributed by atoms with E-state index in [4.69, 9.17) is 14.0 Å². The molecular formula is C19H16N6O3. The van der Waals surface area contributed by atoms with E-state index in [1.165, 1.54) is 0 Å². The third-order valence-corrected chi connectivity index (χ3v) is 4.65. The number of ether oxygens (including phenoxy) is 2. The minimum Gasteiger partial charge on any atom is -0.497 e. The number of hydrogen-bond acceptors (Lipinski definition) is 8. The molecule has 1 aromatic carbocycles. The summed E-state index contributed by atoms with van der Waals surface area (Å²) in [5.41, 5.74) is 3.23. The fraction of sp³-hybridized carbons (Fsp3) is 0.211. The molecular weight excluding hydrogens is 360 g/mol. The Morgan fingerprint density at radius 1 is 1.11 bits per heavy atom. The maximum absolute atomic E-state index is 6.04. The van der Waals surface area contributed by atoms with Crippen molar-refractivity contribution in [2.24, 2.45) is 0 Å². The molecule has 1 unspecified atom stereocenters. The van der Waals surface area contributed by atoms with Crippen LogP contribution in [-0.2, 0) is 17.9 Å². The lowest BCUT2D eigenvalue weighted by atomic mass is 10.1. The molecule has 140 valence electrons. The molecule has 9 heteroatoms. The van der Waals surface area contributed by atoms with Gasteiger partial charge in [0.2, 0.25) is 5.82 Å². The number of fused-ring (bicyclic) bond motifs is 1. The Bertz CT molecular complexity index is 1090. The van der Waals surface area contributed by atoms with Crippen molar-refractivity contribution < 1.29 is 14.0 Å². The third kappa shape index (κ3) is 2.91. The zero-order valence-electron chi connectivity index (χ0n) is 15.0. The van der Waals surface area contributed by atoms with Crippen LogP contribution in [-0.4, -0.2) is 37.2 Å². The van der Waals surface area contributed by atoms with Gasteiger partial charge in [0.15, 0.2) is 5.69 Å². The van der Waals surface area contributed by atoms with Gasteiger partial charge in [-0.25, -0.2) is 4.68 Å². The van der Waals surface area contributed by atoms with Gasteiger partial charge in [-0.15, -0.1) is 5.10 Å². The Morgan fingerprint density at radius 2 is 1.93 bits per heavy atom. The molecule has 0 N–H and O–H groups in total. The van der Waals surface area contributed by atoms with Gasteiger partial charge in [-0.3, -0.25) is 4.98 Å². The average Bonchev–Trinajstić information content (AvgIpc) is 3.41. The summed E-state index contributed by atoms with van der Waals surface area (Å²) in [5.74, 6) is 1.61. The summed E-state index contributed by atoms with van der Waals surface area (Å²) < 4.78 is 18.5. The molecule has 0 saturated carbocycles. The van der Waals surface area contributed by atoms with Gasteiger partial charge in [-0.2, -0.15) is 4.98 Å². The predicted molar refractivity (Wildman–Crippen MR) is 97.1 cm³/mol. The molecule has 0 saturated heterocycles. The Labute approximate surface area is 159 Å². The zero-order valence-corrected chi connectivity index (χ0v) is 15.0. The molecule has 4 heterocycles. The lowest BCUT2D eigenvalue weighted by Gasteiger charge is -2.24. The standard InChI is InChI=1S/C19H16N6O3/c1-26-14-4-2-12(3-5-14)16-10-25-15(11-27-16)17(22-24-25)19-21-18(23-28-19)13-6-8-20-9-7-13/h2-9,16H,10-11H2,1H3. The van der Waals surface area contributed by atoms with Gasteiger partial charge < -0.3 is 14.0 Å². The molecule has 0 amide bonds. The van der Waals surface area contributed by atoms with Crippen molar-refractivity contribution in [2.45, 2.75) is 19.3 Å². The second-order valence-corrected chi connectivity index (χ2v) is 6.30. The highest BCUT2D eigenvalue weighted by Crippen LogP contribution is 2.31. The molecule has 3 aromatic heterocycles. The first-order valence-electron chi connectivity index (χ1n) is 8.74. The fourth-order valence-corrected chi connectivity index (χ4v) is 3.14. The van der Waals surface area contributed by atoms with Crippen LogP contribution in [0.1, 0.15) is 17.4 Å². The number of nitrogens with zero attached hydrogens (tertiary/aromatic N) is 6. The van der Waals surface area contributed by atoms with E-state index in [0.29, 0.717) is 30.6 Å². The van der Waals surface area contributed by atoms with Crippen molar-refractivity contribution in [2.75, 3.05) is 7.11 Å². The van der Waals surface area contributed by atoms with Crippen molar-refractivity contribution in [1.29, 1.82) is 0 Å². The summed E-state index contributed by atoms with van der Waals surface area (Å²) in [6, 6.07) is 11.5. The minimum absolute atomic E-state index is 0.108. The van der Waals surface area contributed by atoms with Crippen LogP contribution in [0.15, 0.2) is 53.3 Å². The largest absolute Gasteiger partial charge is 0.497 e. The van der Waals surface area contributed by atoms with Crippen LogP contribution < -0.4 is 4.74 Å². The molecule has 1 aliphatic heterocycles. The van der Waals surface area contributed by atoms with Crippen LogP contribution in [0.3, 0.4) is 0 Å². The van der Waals surface area contributed by atoms with E-state index in [-0.39, 0.29) is 6.10 Å². The Hall–Kier alpha value is -3.59. The first-order chi connectivity index (χ1) is 13.8. The van der Waals surface area contributed by atoms with Crippen molar-refractivity contribution in [3.05, 3.63) is 60.0 Å². The molecule has 28 heavy (non-hydrogen) atoms. The maximum atomic E-state index is 6.04. The summed E-state index contributed by atoms with van der Waals surface area (Å²) in [4.78, 5) is 8.43. The Morgan fingerprint density at radius 3 is 2.71 bits per heavy atom. The lowest BCUT2D eigenvalue weighted by Crippen LogP contribution is -2.22. The molecule has 0 aliphatic carbocycles. The SMILES string of the molecule is COc1ccc(C2Cn3nnc(-c4nc(-c5ccncc5)no4)c3CO2)cc1. The Balaban J connectivity index is 1.39. The Kier molecular flexibility index (Phi) is 4.06. The lowest BCUT2D eigenvalue weighted by molar-refractivity contribution is -0.00119. The van der Waals surface area contributed by atoms with Crippen LogP contribution in [0.2, 0.25) is 0 Å². The van der Waals surface area contributed by atoms with E-state index < -0.39 is 0 Å². The maximum Gasteiger partial charge on any atom is 0.280 e. The molecule has 0 radical (unpaired) electrons. The van der Waals surface area contributed by atoms with Gasteiger partial charge in [0.1, 0.15) is 11.9 Å².